The van der Waals surface area contributed by atoms with Crippen molar-refractivity contribution in [2.24, 2.45) is 5.73 Å². The molecule has 88 valence electrons. The van der Waals surface area contributed by atoms with Crippen LogP contribution in [-0.2, 0) is 4.79 Å². The van der Waals surface area contributed by atoms with Gasteiger partial charge in [0.1, 0.15) is 5.75 Å². The Morgan fingerprint density at radius 3 is 2.69 bits per heavy atom. The van der Waals surface area contributed by atoms with E-state index in [9.17, 15) is 4.79 Å². The molecular weight excluding hydrogens is 202 g/mol. The van der Waals surface area contributed by atoms with E-state index in [2.05, 4.69) is 19.9 Å². The van der Waals surface area contributed by atoms with Crippen LogP contribution in [0.5, 0.6) is 5.75 Å². The van der Waals surface area contributed by atoms with Crippen LogP contribution in [0.15, 0.2) is 24.3 Å². The highest BCUT2D eigenvalue weighted by Gasteiger charge is 2.11. The molecule has 0 saturated carbocycles. The average molecular weight is 221 g/mol. The number of primary amides is 1. The van der Waals surface area contributed by atoms with E-state index >= 15 is 0 Å². The smallest absolute Gasteiger partial charge is 0.258 e. The van der Waals surface area contributed by atoms with Crippen LogP contribution in [0.1, 0.15) is 38.7 Å². The number of carbonyl (C=O) groups excluding carboxylic acids is 1. The van der Waals surface area contributed by atoms with Crippen molar-refractivity contribution in [2.45, 2.75) is 39.2 Å². The predicted molar refractivity (Wildman–Crippen MR) is 64.4 cm³/mol. The summed E-state index contributed by atoms with van der Waals surface area (Å²) in [6.45, 7) is 5.96. The van der Waals surface area contributed by atoms with Gasteiger partial charge in [-0.15, -0.1) is 0 Å². The standard InChI is InChI=1S/C13H19NO2/c1-4-9(2)11-6-5-7-12(8-11)16-10(3)13(14)15/h5-10H,4H2,1-3H3,(H2,14,15). The number of nitrogens with two attached hydrogens (primary N) is 1. The molecule has 0 heterocycles. The van der Waals surface area contributed by atoms with E-state index in [1.165, 1.54) is 5.56 Å². The lowest BCUT2D eigenvalue weighted by molar-refractivity contribution is -0.123. The van der Waals surface area contributed by atoms with Gasteiger partial charge in [0.15, 0.2) is 6.10 Å². The van der Waals surface area contributed by atoms with Gasteiger partial charge in [0.2, 0.25) is 0 Å². The minimum atomic E-state index is -0.591. The van der Waals surface area contributed by atoms with Gasteiger partial charge in [-0.3, -0.25) is 4.79 Å². The second-order valence-corrected chi connectivity index (χ2v) is 4.04. The first-order chi connectivity index (χ1) is 7.54. The van der Waals surface area contributed by atoms with Crippen LogP contribution in [-0.4, -0.2) is 12.0 Å². The van der Waals surface area contributed by atoms with Gasteiger partial charge in [-0.2, -0.15) is 0 Å². The average Bonchev–Trinajstić information content (AvgIpc) is 2.28. The summed E-state index contributed by atoms with van der Waals surface area (Å²) in [7, 11) is 0. The highest BCUT2D eigenvalue weighted by atomic mass is 16.5. The summed E-state index contributed by atoms with van der Waals surface area (Å²) in [4.78, 5) is 10.9. The lowest BCUT2D eigenvalue weighted by atomic mass is 9.99. The fourth-order valence-electron chi connectivity index (χ4n) is 1.39. The molecule has 0 aliphatic carbocycles. The van der Waals surface area contributed by atoms with Crippen LogP contribution >= 0.6 is 0 Å². The molecule has 0 aromatic heterocycles. The molecule has 1 rings (SSSR count). The fraction of sp³-hybridized carbons (Fsp3) is 0.462. The number of hydrogen-bond acceptors (Lipinski definition) is 2. The lowest BCUT2D eigenvalue weighted by Gasteiger charge is -2.14. The molecule has 3 heteroatoms. The number of amides is 1. The molecule has 16 heavy (non-hydrogen) atoms. The Labute approximate surface area is 96.6 Å². The summed E-state index contributed by atoms with van der Waals surface area (Å²) in [5.74, 6) is 0.741. The molecule has 1 aromatic carbocycles. The zero-order valence-electron chi connectivity index (χ0n) is 10.1. The fourth-order valence-corrected chi connectivity index (χ4v) is 1.39. The maximum atomic E-state index is 10.9. The largest absolute Gasteiger partial charge is 0.481 e. The van der Waals surface area contributed by atoms with E-state index in [0.29, 0.717) is 11.7 Å². The van der Waals surface area contributed by atoms with Crippen LogP contribution in [0.4, 0.5) is 0 Å². The van der Waals surface area contributed by atoms with Crippen molar-refractivity contribution in [3.63, 3.8) is 0 Å². The highest BCUT2D eigenvalue weighted by Crippen LogP contribution is 2.23. The van der Waals surface area contributed by atoms with Gasteiger partial charge >= 0.3 is 0 Å². The van der Waals surface area contributed by atoms with Crippen LogP contribution in [0.2, 0.25) is 0 Å². The van der Waals surface area contributed by atoms with Gasteiger partial charge in [0, 0.05) is 0 Å². The van der Waals surface area contributed by atoms with Gasteiger partial charge in [0.25, 0.3) is 5.91 Å². The normalized spacial score (nSPS) is 14.2. The Bertz CT molecular complexity index is 363. The summed E-state index contributed by atoms with van der Waals surface area (Å²) < 4.78 is 5.44. The number of carbonyl (C=O) groups is 1. The summed E-state index contributed by atoms with van der Waals surface area (Å²) >= 11 is 0. The maximum absolute atomic E-state index is 10.9. The monoisotopic (exact) mass is 221 g/mol. The van der Waals surface area contributed by atoms with Gasteiger partial charge in [-0.05, 0) is 37.0 Å². The van der Waals surface area contributed by atoms with Gasteiger partial charge in [0.05, 0.1) is 0 Å². The summed E-state index contributed by atoms with van der Waals surface area (Å²) in [6, 6.07) is 7.80. The number of ether oxygens (including phenoxy) is 1. The highest BCUT2D eigenvalue weighted by molar-refractivity contribution is 5.78. The molecule has 2 unspecified atom stereocenters. The molecule has 2 N–H and O–H groups in total. The zero-order chi connectivity index (χ0) is 12.1. The van der Waals surface area contributed by atoms with Crippen LogP contribution in [0, 0.1) is 0 Å². The second kappa shape index (κ2) is 5.54. The lowest BCUT2D eigenvalue weighted by Crippen LogP contribution is -2.30. The Balaban J connectivity index is 2.78. The van der Waals surface area contributed by atoms with E-state index in [1.54, 1.807) is 6.92 Å². The molecule has 3 nitrogen and oxygen atoms in total. The van der Waals surface area contributed by atoms with Crippen molar-refractivity contribution in [1.82, 2.24) is 0 Å². The van der Waals surface area contributed by atoms with Crippen molar-refractivity contribution in [3.8, 4) is 5.75 Å². The molecule has 0 radical (unpaired) electrons. The Kier molecular flexibility index (Phi) is 4.35. The van der Waals surface area contributed by atoms with Crippen molar-refractivity contribution < 1.29 is 9.53 Å². The van der Waals surface area contributed by atoms with E-state index < -0.39 is 12.0 Å². The van der Waals surface area contributed by atoms with E-state index in [4.69, 9.17) is 10.5 Å². The van der Waals surface area contributed by atoms with Gasteiger partial charge in [-0.25, -0.2) is 0 Å². The molecule has 0 bridgehead atoms. The molecule has 0 spiro atoms. The van der Waals surface area contributed by atoms with E-state index in [1.807, 2.05) is 18.2 Å². The van der Waals surface area contributed by atoms with E-state index in [-0.39, 0.29) is 0 Å². The molecule has 1 amide bonds. The van der Waals surface area contributed by atoms with E-state index in [0.717, 1.165) is 6.42 Å². The molecule has 2 atom stereocenters. The van der Waals surface area contributed by atoms with Gasteiger partial charge in [-0.1, -0.05) is 26.0 Å². The Morgan fingerprint density at radius 1 is 1.44 bits per heavy atom. The zero-order valence-corrected chi connectivity index (χ0v) is 10.1. The Hall–Kier alpha value is -1.51. The summed E-state index contributed by atoms with van der Waals surface area (Å²) in [5, 5.41) is 0. The first-order valence-corrected chi connectivity index (χ1v) is 5.60. The van der Waals surface area contributed by atoms with Crippen molar-refractivity contribution in [1.29, 1.82) is 0 Å². The maximum Gasteiger partial charge on any atom is 0.258 e. The molecule has 0 fully saturated rings. The predicted octanol–water partition coefficient (Wildman–Crippen LogP) is 2.45. The minimum absolute atomic E-state index is 0.450. The third-order valence-electron chi connectivity index (χ3n) is 2.75. The first-order valence-electron chi connectivity index (χ1n) is 5.60. The SMILES string of the molecule is CCC(C)c1cccc(OC(C)C(N)=O)c1. The summed E-state index contributed by atoms with van der Waals surface area (Å²) in [5.41, 5.74) is 6.36. The molecular formula is C13H19NO2. The molecule has 0 aliphatic heterocycles. The molecule has 1 aromatic rings. The second-order valence-electron chi connectivity index (χ2n) is 4.04. The first kappa shape index (κ1) is 12.6. The van der Waals surface area contributed by atoms with Gasteiger partial charge < -0.3 is 10.5 Å². The van der Waals surface area contributed by atoms with Crippen molar-refractivity contribution in [3.05, 3.63) is 29.8 Å². The molecule has 0 aliphatic rings. The van der Waals surface area contributed by atoms with Crippen LogP contribution in [0.3, 0.4) is 0 Å². The third kappa shape index (κ3) is 3.26. The molecule has 0 saturated heterocycles. The van der Waals surface area contributed by atoms with Crippen LogP contribution < -0.4 is 10.5 Å². The Morgan fingerprint density at radius 2 is 2.12 bits per heavy atom. The number of hydrogen-bond donors (Lipinski definition) is 1. The topological polar surface area (TPSA) is 52.3 Å². The number of benzene rings is 1. The third-order valence-corrected chi connectivity index (χ3v) is 2.75. The minimum Gasteiger partial charge on any atom is -0.481 e. The summed E-state index contributed by atoms with van der Waals surface area (Å²) in [6.07, 6.45) is 0.488. The number of rotatable bonds is 5. The van der Waals surface area contributed by atoms with Crippen molar-refractivity contribution in [2.75, 3.05) is 0 Å². The van der Waals surface area contributed by atoms with Crippen molar-refractivity contribution >= 4 is 5.91 Å². The quantitative estimate of drug-likeness (QED) is 0.830. The van der Waals surface area contributed by atoms with Crippen LogP contribution in [0.25, 0.3) is 0 Å².